The molecule has 0 radical (unpaired) electrons. The van der Waals surface area contributed by atoms with Crippen LogP contribution in [0.15, 0.2) is 48.5 Å². The number of hydrogen-bond donors (Lipinski definition) is 0. The highest BCUT2D eigenvalue weighted by Crippen LogP contribution is 2.25. The number of carbonyl (C=O) groups is 1. The Morgan fingerprint density at radius 1 is 1.16 bits per heavy atom. The Morgan fingerprint density at radius 2 is 1.84 bits per heavy atom. The second kappa shape index (κ2) is 7.14. The summed E-state index contributed by atoms with van der Waals surface area (Å²) in [5.74, 6) is -0.907. The van der Waals surface area contributed by atoms with E-state index in [1.807, 2.05) is 0 Å². The standard InChI is InChI=1S/C18H17ClFNO3S/c19-16-7-3-2-6-15(16)18(22)21(14-9-10-25(23,24)12-14)11-13-5-1-4-8-17(13)20/h1-8,14H,9-12H2/t14-/m0/s1. The summed E-state index contributed by atoms with van der Waals surface area (Å²) in [4.78, 5) is 14.4. The quantitative estimate of drug-likeness (QED) is 0.816. The third-order valence-electron chi connectivity index (χ3n) is 4.31. The monoisotopic (exact) mass is 381 g/mol. The molecule has 3 rings (SSSR count). The van der Waals surface area contributed by atoms with Gasteiger partial charge in [0.25, 0.3) is 5.91 Å². The third-order valence-corrected chi connectivity index (χ3v) is 6.39. The molecule has 1 saturated heterocycles. The number of sulfone groups is 1. The molecule has 0 unspecified atom stereocenters. The van der Waals surface area contributed by atoms with Crippen LogP contribution in [0.5, 0.6) is 0 Å². The van der Waals surface area contributed by atoms with Crippen LogP contribution in [0.4, 0.5) is 4.39 Å². The summed E-state index contributed by atoms with van der Waals surface area (Å²) >= 11 is 6.12. The average molecular weight is 382 g/mol. The summed E-state index contributed by atoms with van der Waals surface area (Å²) in [7, 11) is -3.19. The summed E-state index contributed by atoms with van der Waals surface area (Å²) in [6.45, 7) is -0.00306. The fourth-order valence-electron chi connectivity index (χ4n) is 2.99. The fourth-order valence-corrected chi connectivity index (χ4v) is 4.93. The number of benzene rings is 2. The number of halogens is 2. The normalized spacial score (nSPS) is 18.9. The van der Waals surface area contributed by atoms with Crippen LogP contribution in [0.1, 0.15) is 22.3 Å². The second-order valence-corrected chi connectivity index (χ2v) is 8.70. The highest BCUT2D eigenvalue weighted by molar-refractivity contribution is 7.91. The largest absolute Gasteiger partial charge is 0.330 e. The zero-order valence-corrected chi connectivity index (χ0v) is 14.9. The van der Waals surface area contributed by atoms with E-state index in [1.54, 1.807) is 42.5 Å². The lowest BCUT2D eigenvalue weighted by atomic mass is 10.1. The first-order chi connectivity index (χ1) is 11.9. The summed E-state index contributed by atoms with van der Waals surface area (Å²) in [5, 5.41) is 0.284. The molecule has 7 heteroatoms. The van der Waals surface area contributed by atoms with Crippen LogP contribution in [-0.4, -0.2) is 36.8 Å². The van der Waals surface area contributed by atoms with E-state index in [0.717, 1.165) is 0 Å². The third kappa shape index (κ3) is 4.02. The fraction of sp³-hybridized carbons (Fsp3) is 0.278. The van der Waals surface area contributed by atoms with Crippen molar-refractivity contribution in [1.29, 1.82) is 0 Å². The van der Waals surface area contributed by atoms with E-state index < -0.39 is 27.6 Å². The molecule has 1 heterocycles. The van der Waals surface area contributed by atoms with Crippen LogP contribution in [0, 0.1) is 5.82 Å². The van der Waals surface area contributed by atoms with Crippen molar-refractivity contribution in [3.05, 3.63) is 70.5 Å². The van der Waals surface area contributed by atoms with Gasteiger partial charge in [-0.05, 0) is 24.6 Å². The summed E-state index contributed by atoms with van der Waals surface area (Å²) in [5.41, 5.74) is 0.622. The summed E-state index contributed by atoms with van der Waals surface area (Å²) < 4.78 is 37.8. The topological polar surface area (TPSA) is 54.5 Å². The molecule has 1 aliphatic rings. The van der Waals surface area contributed by atoms with Crippen molar-refractivity contribution in [2.24, 2.45) is 0 Å². The molecule has 25 heavy (non-hydrogen) atoms. The van der Waals surface area contributed by atoms with Crippen LogP contribution < -0.4 is 0 Å². The molecular weight excluding hydrogens is 365 g/mol. The predicted molar refractivity (Wildman–Crippen MR) is 94.8 cm³/mol. The van der Waals surface area contributed by atoms with Crippen molar-refractivity contribution < 1.29 is 17.6 Å². The Hall–Kier alpha value is -1.92. The summed E-state index contributed by atoms with van der Waals surface area (Å²) in [6, 6.07) is 12.2. The van der Waals surface area contributed by atoms with Crippen LogP contribution in [0.2, 0.25) is 5.02 Å². The maximum atomic E-state index is 14.1. The molecule has 0 aromatic heterocycles. The Balaban J connectivity index is 1.96. The summed E-state index contributed by atoms with van der Waals surface area (Å²) in [6.07, 6.45) is 0.340. The molecule has 0 saturated carbocycles. The minimum absolute atomic E-state index is 0.00306. The molecule has 1 amide bonds. The minimum Gasteiger partial charge on any atom is -0.330 e. The zero-order chi connectivity index (χ0) is 18.0. The number of nitrogens with zero attached hydrogens (tertiary/aromatic N) is 1. The van der Waals surface area contributed by atoms with E-state index in [1.165, 1.54) is 11.0 Å². The lowest BCUT2D eigenvalue weighted by molar-refractivity contribution is 0.0679. The second-order valence-electron chi connectivity index (χ2n) is 6.06. The first-order valence-corrected chi connectivity index (χ1v) is 10.1. The Kier molecular flexibility index (Phi) is 5.11. The van der Waals surface area contributed by atoms with Gasteiger partial charge < -0.3 is 4.90 Å². The van der Waals surface area contributed by atoms with Crippen molar-refractivity contribution in [3.63, 3.8) is 0 Å². The molecule has 1 atom stereocenters. The van der Waals surface area contributed by atoms with E-state index >= 15 is 0 Å². The van der Waals surface area contributed by atoms with Crippen molar-refractivity contribution >= 4 is 27.3 Å². The Bertz CT molecular complexity index is 901. The van der Waals surface area contributed by atoms with Gasteiger partial charge in [0.05, 0.1) is 22.1 Å². The maximum absolute atomic E-state index is 14.1. The SMILES string of the molecule is O=C(c1ccccc1Cl)N(Cc1ccccc1F)[C@H]1CCS(=O)(=O)C1. The minimum atomic E-state index is -3.19. The van der Waals surface area contributed by atoms with Crippen LogP contribution in [0.3, 0.4) is 0 Å². The predicted octanol–water partition coefficient (Wildman–Crippen LogP) is 3.31. The van der Waals surface area contributed by atoms with Crippen molar-refractivity contribution in [2.45, 2.75) is 19.0 Å². The molecule has 0 bridgehead atoms. The van der Waals surface area contributed by atoms with Gasteiger partial charge in [0.15, 0.2) is 9.84 Å². The molecule has 132 valence electrons. The van der Waals surface area contributed by atoms with E-state index in [2.05, 4.69) is 0 Å². The van der Waals surface area contributed by atoms with Gasteiger partial charge in [-0.3, -0.25) is 4.79 Å². The van der Waals surface area contributed by atoms with Gasteiger partial charge in [-0.25, -0.2) is 12.8 Å². The van der Waals surface area contributed by atoms with E-state index in [0.29, 0.717) is 12.0 Å². The van der Waals surface area contributed by atoms with Gasteiger partial charge in [0.2, 0.25) is 0 Å². The van der Waals surface area contributed by atoms with E-state index in [-0.39, 0.29) is 28.6 Å². The molecule has 4 nitrogen and oxygen atoms in total. The van der Waals surface area contributed by atoms with Crippen molar-refractivity contribution in [3.8, 4) is 0 Å². The zero-order valence-electron chi connectivity index (χ0n) is 13.4. The van der Waals surface area contributed by atoms with Crippen LogP contribution in [0.25, 0.3) is 0 Å². The molecule has 1 fully saturated rings. The lowest BCUT2D eigenvalue weighted by Crippen LogP contribution is -2.41. The molecule has 2 aromatic rings. The molecule has 1 aliphatic heterocycles. The van der Waals surface area contributed by atoms with Gasteiger partial charge in [-0.1, -0.05) is 41.9 Å². The van der Waals surface area contributed by atoms with Gasteiger partial charge in [-0.2, -0.15) is 0 Å². The molecular formula is C18H17ClFNO3S. The van der Waals surface area contributed by atoms with Crippen molar-refractivity contribution in [1.82, 2.24) is 4.90 Å². The van der Waals surface area contributed by atoms with E-state index in [4.69, 9.17) is 11.6 Å². The molecule has 0 aliphatic carbocycles. The lowest BCUT2D eigenvalue weighted by Gasteiger charge is -2.29. The van der Waals surface area contributed by atoms with Gasteiger partial charge in [-0.15, -0.1) is 0 Å². The molecule has 2 aromatic carbocycles. The van der Waals surface area contributed by atoms with Crippen LogP contribution in [-0.2, 0) is 16.4 Å². The van der Waals surface area contributed by atoms with Gasteiger partial charge in [0, 0.05) is 18.2 Å². The Morgan fingerprint density at radius 3 is 2.48 bits per heavy atom. The smallest absolute Gasteiger partial charge is 0.255 e. The van der Waals surface area contributed by atoms with E-state index in [9.17, 15) is 17.6 Å². The molecule has 0 N–H and O–H groups in total. The van der Waals surface area contributed by atoms with Gasteiger partial charge in [0.1, 0.15) is 5.82 Å². The highest BCUT2D eigenvalue weighted by atomic mass is 35.5. The highest BCUT2D eigenvalue weighted by Gasteiger charge is 2.35. The van der Waals surface area contributed by atoms with Crippen LogP contribution >= 0.6 is 11.6 Å². The number of amides is 1. The average Bonchev–Trinajstić information content (AvgIpc) is 2.94. The number of hydrogen-bond acceptors (Lipinski definition) is 3. The molecule has 0 spiro atoms. The first kappa shape index (κ1) is 17.9. The Labute approximate surface area is 151 Å². The first-order valence-electron chi connectivity index (χ1n) is 7.87. The van der Waals surface area contributed by atoms with Crippen molar-refractivity contribution in [2.75, 3.05) is 11.5 Å². The number of rotatable bonds is 4. The maximum Gasteiger partial charge on any atom is 0.255 e. The number of carbonyl (C=O) groups excluding carboxylic acids is 1. The van der Waals surface area contributed by atoms with Gasteiger partial charge >= 0.3 is 0 Å².